The molecule has 0 bridgehead atoms. The van der Waals surface area contributed by atoms with Crippen molar-refractivity contribution in [2.24, 2.45) is 0 Å². The summed E-state index contributed by atoms with van der Waals surface area (Å²) in [6.45, 7) is 2.50. The Labute approximate surface area is 165 Å². The SMILES string of the molecule is CCCCCCCCCCCCOC(=O)c1cc([N+](=O)[O-])c(Cl)cc1Cl. The number of hydrogen-bond acceptors (Lipinski definition) is 4. The van der Waals surface area contributed by atoms with E-state index in [-0.39, 0.29) is 27.9 Å². The fourth-order valence-corrected chi connectivity index (χ4v) is 3.20. The highest BCUT2D eigenvalue weighted by atomic mass is 35.5. The maximum Gasteiger partial charge on any atom is 0.339 e. The summed E-state index contributed by atoms with van der Waals surface area (Å²) in [7, 11) is 0. The standard InChI is InChI=1S/C19H27Cl2NO4/c1-2-3-4-5-6-7-8-9-10-11-12-26-19(23)15-13-18(22(24)25)17(21)14-16(15)20/h13-14H,2-12H2,1H3. The summed E-state index contributed by atoms with van der Waals surface area (Å²) in [5, 5.41) is 10.8. The Balaban J connectivity index is 2.23. The number of nitro groups is 1. The minimum atomic E-state index is -0.661. The Bertz CT molecular complexity index is 593. The molecule has 0 aliphatic heterocycles. The Hall–Kier alpha value is -1.33. The lowest BCUT2D eigenvalue weighted by Gasteiger charge is -2.07. The fraction of sp³-hybridized carbons (Fsp3) is 0.632. The highest BCUT2D eigenvalue weighted by molar-refractivity contribution is 6.37. The van der Waals surface area contributed by atoms with Crippen LogP contribution in [-0.2, 0) is 4.74 Å². The average molecular weight is 404 g/mol. The van der Waals surface area contributed by atoms with Gasteiger partial charge in [-0.2, -0.15) is 0 Å². The lowest BCUT2D eigenvalue weighted by Crippen LogP contribution is -2.08. The van der Waals surface area contributed by atoms with Gasteiger partial charge in [-0.05, 0) is 12.5 Å². The predicted octanol–water partition coefficient (Wildman–Crippen LogP) is 6.98. The zero-order valence-corrected chi connectivity index (χ0v) is 16.8. The molecule has 146 valence electrons. The van der Waals surface area contributed by atoms with Crippen molar-refractivity contribution in [3.63, 3.8) is 0 Å². The normalized spacial score (nSPS) is 10.7. The van der Waals surface area contributed by atoms with E-state index in [0.29, 0.717) is 0 Å². The first-order chi connectivity index (χ1) is 12.5. The first-order valence-electron chi connectivity index (χ1n) is 9.28. The summed E-state index contributed by atoms with van der Waals surface area (Å²) in [6, 6.07) is 2.25. The molecule has 0 saturated carbocycles. The molecular formula is C19H27Cl2NO4. The second-order valence-electron chi connectivity index (χ2n) is 6.36. The van der Waals surface area contributed by atoms with E-state index in [9.17, 15) is 14.9 Å². The van der Waals surface area contributed by atoms with Gasteiger partial charge < -0.3 is 4.74 Å². The third-order valence-electron chi connectivity index (χ3n) is 4.18. The number of hydrogen-bond donors (Lipinski definition) is 0. The van der Waals surface area contributed by atoms with Gasteiger partial charge in [-0.1, -0.05) is 87.9 Å². The second kappa shape index (κ2) is 12.9. The summed E-state index contributed by atoms with van der Waals surface area (Å²) in [6.07, 6.45) is 11.9. The molecule has 7 heteroatoms. The van der Waals surface area contributed by atoms with E-state index in [1.165, 1.54) is 51.0 Å². The second-order valence-corrected chi connectivity index (χ2v) is 7.17. The summed E-state index contributed by atoms with van der Waals surface area (Å²) >= 11 is 11.7. The van der Waals surface area contributed by atoms with Crippen molar-refractivity contribution >= 4 is 34.9 Å². The number of nitrogens with zero attached hydrogens (tertiary/aromatic N) is 1. The molecule has 0 aromatic heterocycles. The molecule has 0 atom stereocenters. The van der Waals surface area contributed by atoms with Gasteiger partial charge in [-0.25, -0.2) is 4.79 Å². The molecule has 0 aliphatic rings. The van der Waals surface area contributed by atoms with Crippen molar-refractivity contribution in [2.75, 3.05) is 6.61 Å². The van der Waals surface area contributed by atoms with Crippen LogP contribution < -0.4 is 0 Å². The number of esters is 1. The van der Waals surface area contributed by atoms with Gasteiger partial charge in [0, 0.05) is 6.07 Å². The quantitative estimate of drug-likeness (QED) is 0.154. The van der Waals surface area contributed by atoms with E-state index in [0.717, 1.165) is 25.3 Å². The molecule has 26 heavy (non-hydrogen) atoms. The van der Waals surface area contributed by atoms with Crippen LogP contribution in [0.3, 0.4) is 0 Å². The van der Waals surface area contributed by atoms with E-state index in [1.807, 2.05) is 0 Å². The van der Waals surface area contributed by atoms with Gasteiger partial charge in [-0.15, -0.1) is 0 Å². The molecule has 0 heterocycles. The Kier molecular flexibility index (Phi) is 11.3. The number of unbranched alkanes of at least 4 members (excludes halogenated alkanes) is 9. The molecule has 0 fully saturated rings. The van der Waals surface area contributed by atoms with Crippen molar-refractivity contribution < 1.29 is 14.5 Å². The van der Waals surface area contributed by atoms with Crippen LogP contribution in [0.2, 0.25) is 10.0 Å². The smallest absolute Gasteiger partial charge is 0.339 e. The molecule has 0 saturated heterocycles. The molecule has 0 radical (unpaired) electrons. The first kappa shape index (κ1) is 22.7. The minimum Gasteiger partial charge on any atom is -0.462 e. The number of carbonyl (C=O) groups is 1. The molecule has 1 aromatic rings. The van der Waals surface area contributed by atoms with Crippen LogP contribution in [0.4, 0.5) is 5.69 Å². The van der Waals surface area contributed by atoms with Crippen LogP contribution in [0.15, 0.2) is 12.1 Å². The van der Waals surface area contributed by atoms with E-state index in [4.69, 9.17) is 27.9 Å². The molecule has 5 nitrogen and oxygen atoms in total. The third kappa shape index (κ3) is 8.37. The molecule has 0 unspecified atom stereocenters. The zero-order valence-electron chi connectivity index (χ0n) is 15.3. The molecule has 1 rings (SSSR count). The van der Waals surface area contributed by atoms with Crippen molar-refractivity contribution in [1.29, 1.82) is 0 Å². The largest absolute Gasteiger partial charge is 0.462 e. The van der Waals surface area contributed by atoms with Gasteiger partial charge in [0.05, 0.1) is 22.1 Å². The predicted molar refractivity (Wildman–Crippen MR) is 105 cm³/mol. The molecule has 0 spiro atoms. The van der Waals surface area contributed by atoms with E-state index >= 15 is 0 Å². The van der Waals surface area contributed by atoms with Gasteiger partial charge in [0.1, 0.15) is 5.02 Å². The van der Waals surface area contributed by atoms with Gasteiger partial charge in [0.15, 0.2) is 0 Å². The van der Waals surface area contributed by atoms with Crippen molar-refractivity contribution in [2.45, 2.75) is 71.1 Å². The van der Waals surface area contributed by atoms with E-state index in [1.54, 1.807) is 0 Å². The first-order valence-corrected chi connectivity index (χ1v) is 10.0. The Morgan fingerprint density at radius 2 is 1.50 bits per heavy atom. The summed E-state index contributed by atoms with van der Waals surface area (Å²) < 4.78 is 5.17. The van der Waals surface area contributed by atoms with Gasteiger partial charge in [0.2, 0.25) is 0 Å². The van der Waals surface area contributed by atoms with Crippen molar-refractivity contribution in [1.82, 2.24) is 0 Å². The monoisotopic (exact) mass is 403 g/mol. The van der Waals surface area contributed by atoms with Crippen LogP contribution in [0.25, 0.3) is 0 Å². The number of ether oxygens (including phenoxy) is 1. The van der Waals surface area contributed by atoms with E-state index < -0.39 is 10.9 Å². The maximum atomic E-state index is 12.0. The number of nitro benzene ring substituents is 1. The van der Waals surface area contributed by atoms with Gasteiger partial charge in [0.25, 0.3) is 5.69 Å². The number of halogens is 2. The van der Waals surface area contributed by atoms with Crippen molar-refractivity contribution in [3.05, 3.63) is 37.9 Å². The van der Waals surface area contributed by atoms with Crippen LogP contribution in [-0.4, -0.2) is 17.5 Å². The van der Waals surface area contributed by atoms with Crippen LogP contribution in [0, 0.1) is 10.1 Å². The van der Waals surface area contributed by atoms with Crippen LogP contribution in [0.5, 0.6) is 0 Å². The number of rotatable bonds is 13. The molecular weight excluding hydrogens is 377 g/mol. The zero-order chi connectivity index (χ0) is 19.4. The Morgan fingerprint density at radius 1 is 0.962 bits per heavy atom. The van der Waals surface area contributed by atoms with Crippen LogP contribution in [0.1, 0.15) is 81.5 Å². The fourth-order valence-electron chi connectivity index (χ4n) is 2.67. The maximum absolute atomic E-state index is 12.0. The van der Waals surface area contributed by atoms with Gasteiger partial charge in [-0.3, -0.25) is 10.1 Å². The molecule has 0 amide bonds. The topological polar surface area (TPSA) is 69.4 Å². The lowest BCUT2D eigenvalue weighted by atomic mass is 10.1. The summed E-state index contributed by atoms with van der Waals surface area (Å²) in [5.41, 5.74) is -0.392. The summed E-state index contributed by atoms with van der Waals surface area (Å²) in [5.74, 6) is -0.661. The summed E-state index contributed by atoms with van der Waals surface area (Å²) in [4.78, 5) is 22.3. The molecule has 1 aromatic carbocycles. The minimum absolute atomic E-state index is 0.0326. The number of benzene rings is 1. The lowest BCUT2D eigenvalue weighted by molar-refractivity contribution is -0.384. The third-order valence-corrected chi connectivity index (χ3v) is 4.80. The van der Waals surface area contributed by atoms with Crippen LogP contribution >= 0.6 is 23.2 Å². The molecule has 0 N–H and O–H groups in total. The van der Waals surface area contributed by atoms with E-state index in [2.05, 4.69) is 6.92 Å². The van der Waals surface area contributed by atoms with Gasteiger partial charge >= 0.3 is 5.97 Å². The number of carbonyl (C=O) groups excluding carboxylic acids is 1. The highest BCUT2D eigenvalue weighted by Gasteiger charge is 2.21. The molecule has 0 aliphatic carbocycles. The highest BCUT2D eigenvalue weighted by Crippen LogP contribution is 2.31. The average Bonchev–Trinajstić information content (AvgIpc) is 2.59. The van der Waals surface area contributed by atoms with Crippen molar-refractivity contribution in [3.8, 4) is 0 Å². The Morgan fingerprint density at radius 3 is 2.04 bits per heavy atom.